The molecule has 0 spiro atoms. The molecule has 6 nitrogen and oxygen atoms in total. The van der Waals surface area contributed by atoms with E-state index in [2.05, 4.69) is 10.1 Å². The molecule has 3 aromatic rings. The molecule has 0 atom stereocenters. The van der Waals surface area contributed by atoms with Crippen LogP contribution in [0.5, 0.6) is 5.75 Å². The number of carbonyl (C=O) groups is 1. The van der Waals surface area contributed by atoms with Crippen molar-refractivity contribution in [2.75, 3.05) is 7.11 Å². The lowest BCUT2D eigenvalue weighted by Gasteiger charge is -2.24. The van der Waals surface area contributed by atoms with E-state index in [9.17, 15) is 9.90 Å². The molecule has 1 saturated carbocycles. The molecule has 1 fully saturated rings. The van der Waals surface area contributed by atoms with E-state index >= 15 is 0 Å². The largest absolute Gasteiger partial charge is 0.497 e. The summed E-state index contributed by atoms with van der Waals surface area (Å²) >= 11 is 0. The first kappa shape index (κ1) is 16.6. The molecule has 1 aromatic carbocycles. The van der Waals surface area contributed by atoms with Crippen molar-refractivity contribution in [3.05, 3.63) is 47.9 Å². The Kier molecular flexibility index (Phi) is 4.32. The third-order valence-corrected chi connectivity index (χ3v) is 5.13. The van der Waals surface area contributed by atoms with E-state index in [1.807, 2.05) is 30.5 Å². The molecule has 0 saturated heterocycles. The van der Waals surface area contributed by atoms with Gasteiger partial charge in [-0.1, -0.05) is 31.4 Å². The second kappa shape index (κ2) is 6.78. The average molecular weight is 351 g/mol. The minimum absolute atomic E-state index is 0.0291. The first-order valence-electron chi connectivity index (χ1n) is 8.94. The second-order valence-corrected chi connectivity index (χ2v) is 6.73. The average Bonchev–Trinajstić information content (AvgIpc) is 3.12. The van der Waals surface area contributed by atoms with Crippen LogP contribution in [0.3, 0.4) is 0 Å². The molecule has 6 heteroatoms. The fourth-order valence-electron chi connectivity index (χ4n) is 3.82. The Balaban J connectivity index is 1.91. The fourth-order valence-corrected chi connectivity index (χ4v) is 3.82. The maximum absolute atomic E-state index is 11.4. The second-order valence-electron chi connectivity index (χ2n) is 6.73. The summed E-state index contributed by atoms with van der Waals surface area (Å²) in [5.74, 6) is 0.123. The van der Waals surface area contributed by atoms with E-state index in [1.54, 1.807) is 11.6 Å². The molecular formula is C20H21N3O3. The predicted octanol–water partition coefficient (Wildman–Crippen LogP) is 4.15. The number of hydrogen-bond acceptors (Lipinski definition) is 4. The van der Waals surface area contributed by atoms with E-state index in [-0.39, 0.29) is 5.69 Å². The molecule has 2 heterocycles. The maximum atomic E-state index is 11.4. The minimum atomic E-state index is -1.03. The van der Waals surface area contributed by atoms with Gasteiger partial charge in [-0.2, -0.15) is 5.10 Å². The zero-order valence-corrected chi connectivity index (χ0v) is 14.7. The van der Waals surface area contributed by atoms with Crippen LogP contribution < -0.4 is 4.74 Å². The molecule has 4 rings (SSSR count). The van der Waals surface area contributed by atoms with Gasteiger partial charge in [0.15, 0.2) is 11.3 Å². The molecule has 2 aromatic heterocycles. The van der Waals surface area contributed by atoms with Crippen LogP contribution >= 0.6 is 0 Å². The first-order chi connectivity index (χ1) is 12.7. The van der Waals surface area contributed by atoms with Gasteiger partial charge in [0.05, 0.1) is 12.8 Å². The van der Waals surface area contributed by atoms with Crippen LogP contribution in [0.15, 0.2) is 36.5 Å². The zero-order valence-electron chi connectivity index (χ0n) is 14.7. The van der Waals surface area contributed by atoms with Gasteiger partial charge in [0.25, 0.3) is 0 Å². The summed E-state index contributed by atoms with van der Waals surface area (Å²) in [6.07, 6.45) is 7.64. The lowest BCUT2D eigenvalue weighted by Crippen LogP contribution is -2.13. The van der Waals surface area contributed by atoms with Gasteiger partial charge in [-0.15, -0.1) is 0 Å². The Bertz CT molecular complexity index is 941. The van der Waals surface area contributed by atoms with Gasteiger partial charge in [0.2, 0.25) is 0 Å². The predicted molar refractivity (Wildman–Crippen MR) is 97.8 cm³/mol. The fraction of sp³-hybridized carbons (Fsp3) is 0.350. The molecule has 1 aliphatic carbocycles. The highest BCUT2D eigenvalue weighted by atomic mass is 16.5. The molecule has 1 aliphatic rings. The van der Waals surface area contributed by atoms with Crippen LogP contribution in [-0.4, -0.2) is 32.8 Å². The Morgan fingerprint density at radius 1 is 1.19 bits per heavy atom. The summed E-state index contributed by atoms with van der Waals surface area (Å²) in [5, 5.41) is 13.7. The third kappa shape index (κ3) is 2.92. The van der Waals surface area contributed by atoms with Gasteiger partial charge >= 0.3 is 5.97 Å². The number of hydrogen-bond donors (Lipinski definition) is 1. The van der Waals surface area contributed by atoms with Crippen molar-refractivity contribution >= 4 is 11.6 Å². The van der Waals surface area contributed by atoms with Crippen molar-refractivity contribution < 1.29 is 14.6 Å². The van der Waals surface area contributed by atoms with Crippen LogP contribution in [0.1, 0.15) is 54.2 Å². The number of fused-ring (bicyclic) bond motifs is 1. The van der Waals surface area contributed by atoms with E-state index in [1.165, 1.54) is 25.3 Å². The van der Waals surface area contributed by atoms with Crippen molar-refractivity contribution in [2.45, 2.75) is 38.0 Å². The SMILES string of the molecule is COc1ccc(-c2cnc3cc(C(=O)O)nn3c2C2CCCCC2)cc1. The lowest BCUT2D eigenvalue weighted by atomic mass is 9.84. The lowest BCUT2D eigenvalue weighted by molar-refractivity contribution is 0.0690. The number of carboxylic acids is 1. The molecule has 134 valence electrons. The van der Waals surface area contributed by atoms with Gasteiger partial charge in [-0.3, -0.25) is 0 Å². The van der Waals surface area contributed by atoms with Crippen molar-refractivity contribution in [1.29, 1.82) is 0 Å². The molecule has 0 aliphatic heterocycles. The van der Waals surface area contributed by atoms with Crippen molar-refractivity contribution in [1.82, 2.24) is 14.6 Å². The summed E-state index contributed by atoms with van der Waals surface area (Å²) in [6, 6.07) is 9.41. The number of aromatic carboxylic acids is 1. The van der Waals surface area contributed by atoms with E-state index in [0.717, 1.165) is 35.4 Å². The van der Waals surface area contributed by atoms with Crippen LogP contribution in [0.25, 0.3) is 16.8 Å². The van der Waals surface area contributed by atoms with Gasteiger partial charge < -0.3 is 9.84 Å². The zero-order chi connectivity index (χ0) is 18.1. The maximum Gasteiger partial charge on any atom is 0.356 e. The summed E-state index contributed by atoms with van der Waals surface area (Å²) in [4.78, 5) is 15.8. The number of methoxy groups -OCH3 is 1. The molecule has 0 radical (unpaired) electrons. The summed E-state index contributed by atoms with van der Waals surface area (Å²) < 4.78 is 6.99. The highest BCUT2D eigenvalue weighted by Gasteiger charge is 2.24. The van der Waals surface area contributed by atoms with Crippen LogP contribution in [0, 0.1) is 0 Å². The number of nitrogens with zero attached hydrogens (tertiary/aromatic N) is 3. The molecule has 0 unspecified atom stereocenters. The monoisotopic (exact) mass is 351 g/mol. The van der Waals surface area contributed by atoms with Crippen molar-refractivity contribution in [3.63, 3.8) is 0 Å². The molecule has 0 bridgehead atoms. The third-order valence-electron chi connectivity index (χ3n) is 5.13. The van der Waals surface area contributed by atoms with E-state index in [4.69, 9.17) is 4.74 Å². The topological polar surface area (TPSA) is 76.7 Å². The number of benzene rings is 1. The molecule has 1 N–H and O–H groups in total. The van der Waals surface area contributed by atoms with Crippen molar-refractivity contribution in [3.8, 4) is 16.9 Å². The number of aromatic nitrogens is 3. The van der Waals surface area contributed by atoms with E-state index < -0.39 is 5.97 Å². The quantitative estimate of drug-likeness (QED) is 0.764. The van der Waals surface area contributed by atoms with Crippen LogP contribution in [0.2, 0.25) is 0 Å². The highest BCUT2D eigenvalue weighted by molar-refractivity contribution is 5.86. The van der Waals surface area contributed by atoms with Gasteiger partial charge in [-0.25, -0.2) is 14.3 Å². The summed E-state index contributed by atoms with van der Waals surface area (Å²) in [7, 11) is 1.65. The molecular weight excluding hydrogens is 330 g/mol. The molecule has 26 heavy (non-hydrogen) atoms. The molecule has 0 amide bonds. The standard InChI is InChI=1S/C20H21N3O3/c1-26-15-9-7-13(8-10-15)16-12-21-18-11-17(20(24)25)22-23(18)19(16)14-5-3-2-4-6-14/h7-12,14H,2-6H2,1H3,(H,24,25). The van der Waals surface area contributed by atoms with Crippen molar-refractivity contribution in [2.24, 2.45) is 0 Å². The highest BCUT2D eigenvalue weighted by Crippen LogP contribution is 2.38. The normalized spacial score (nSPS) is 15.3. The summed E-state index contributed by atoms with van der Waals surface area (Å²) in [6.45, 7) is 0. The number of rotatable bonds is 4. The van der Waals surface area contributed by atoms with Gasteiger partial charge in [-0.05, 0) is 30.5 Å². The van der Waals surface area contributed by atoms with Gasteiger partial charge in [0, 0.05) is 23.7 Å². The van der Waals surface area contributed by atoms with E-state index in [0.29, 0.717) is 11.6 Å². The number of ether oxygens (including phenoxy) is 1. The Morgan fingerprint density at radius 2 is 1.92 bits per heavy atom. The Hall–Kier alpha value is -2.89. The Labute approximate surface area is 151 Å². The smallest absolute Gasteiger partial charge is 0.356 e. The Morgan fingerprint density at radius 3 is 2.58 bits per heavy atom. The summed E-state index contributed by atoms with van der Waals surface area (Å²) in [5.41, 5.74) is 3.72. The number of carboxylic acid groups (broad SMARTS) is 1. The van der Waals surface area contributed by atoms with Gasteiger partial charge in [0.1, 0.15) is 5.75 Å². The van der Waals surface area contributed by atoms with Crippen LogP contribution in [-0.2, 0) is 0 Å². The first-order valence-corrected chi connectivity index (χ1v) is 8.94. The van der Waals surface area contributed by atoms with Crippen LogP contribution in [0.4, 0.5) is 0 Å². The minimum Gasteiger partial charge on any atom is -0.497 e.